The first-order chi connectivity index (χ1) is 15.6. The first kappa shape index (κ1) is 26.6. The van der Waals surface area contributed by atoms with Crippen molar-refractivity contribution in [3.8, 4) is 11.1 Å². The Kier molecular flexibility index (Phi) is 7.52. The summed E-state index contributed by atoms with van der Waals surface area (Å²) in [5, 5.41) is 0. The lowest BCUT2D eigenvalue weighted by molar-refractivity contribution is 0.493. The maximum Gasteiger partial charge on any atom is 0.251 e. The minimum atomic E-state index is -3.65. The minimum Gasteiger partial charge on any atom is -0.330 e. The number of benzene rings is 1. The van der Waals surface area contributed by atoms with E-state index in [2.05, 4.69) is 80.1 Å². The Morgan fingerprint density at radius 1 is 1.06 bits per heavy atom. The molecular formula is C27H39N3O2S2. The number of imidazole rings is 1. The summed E-state index contributed by atoms with van der Waals surface area (Å²) in [4.78, 5) is 5.65. The van der Waals surface area contributed by atoms with E-state index in [4.69, 9.17) is 0 Å². The molecule has 0 aliphatic carbocycles. The van der Waals surface area contributed by atoms with E-state index in [-0.39, 0.29) is 5.41 Å². The average molecular weight is 502 g/mol. The van der Waals surface area contributed by atoms with E-state index < -0.39 is 15.6 Å². The number of hydrogen-bond acceptors (Lipinski definition) is 4. The van der Waals surface area contributed by atoms with Crippen LogP contribution in [0, 0.1) is 12.8 Å². The molecule has 2 heterocycles. The van der Waals surface area contributed by atoms with E-state index in [9.17, 15) is 8.42 Å². The third kappa shape index (κ3) is 6.37. The van der Waals surface area contributed by atoms with Crippen molar-refractivity contribution < 1.29 is 8.42 Å². The minimum absolute atomic E-state index is 0.0364. The van der Waals surface area contributed by atoms with Crippen molar-refractivity contribution in [1.29, 1.82) is 0 Å². The highest BCUT2D eigenvalue weighted by Gasteiger charge is 2.28. The van der Waals surface area contributed by atoms with Crippen LogP contribution < -0.4 is 4.72 Å². The van der Waals surface area contributed by atoms with Crippen LogP contribution in [0.5, 0.6) is 0 Å². The fourth-order valence-corrected chi connectivity index (χ4v) is 7.52. The van der Waals surface area contributed by atoms with Gasteiger partial charge < -0.3 is 4.57 Å². The van der Waals surface area contributed by atoms with Crippen LogP contribution in [0.3, 0.4) is 0 Å². The molecule has 0 saturated carbocycles. The Morgan fingerprint density at radius 2 is 1.74 bits per heavy atom. The molecule has 5 nitrogen and oxygen atoms in total. The lowest BCUT2D eigenvalue weighted by atomic mass is 9.95. The van der Waals surface area contributed by atoms with Crippen LogP contribution in [0.25, 0.3) is 11.1 Å². The van der Waals surface area contributed by atoms with Gasteiger partial charge in [-0.2, -0.15) is 0 Å². The quantitative estimate of drug-likeness (QED) is 0.400. The van der Waals surface area contributed by atoms with Gasteiger partial charge in [-0.1, -0.05) is 52.8 Å². The standard InChI is InChI=1S/C27H39N3O2S2/c1-18(2)14-21-16-23(24(33-21)34(31,32)29-27(7,8)9)22-11-10-20(15-19(22)3)17-30-13-12-28-25(30)26(4,5)6/h10-13,15-16,18,29H,14,17H2,1-9H3. The van der Waals surface area contributed by atoms with E-state index >= 15 is 0 Å². The van der Waals surface area contributed by atoms with Crippen LogP contribution in [0.1, 0.15) is 77.2 Å². The number of nitrogens with one attached hydrogen (secondary N) is 1. The molecule has 1 aromatic carbocycles. The van der Waals surface area contributed by atoms with Crippen molar-refractivity contribution in [2.45, 2.75) is 90.4 Å². The summed E-state index contributed by atoms with van der Waals surface area (Å²) in [6.07, 6.45) is 4.72. The highest BCUT2D eigenvalue weighted by Crippen LogP contribution is 2.38. The largest absolute Gasteiger partial charge is 0.330 e. The topological polar surface area (TPSA) is 64.0 Å². The highest BCUT2D eigenvalue weighted by molar-refractivity contribution is 7.91. The average Bonchev–Trinajstić information content (AvgIpc) is 3.26. The monoisotopic (exact) mass is 501 g/mol. The van der Waals surface area contributed by atoms with Crippen molar-refractivity contribution in [3.05, 3.63) is 58.5 Å². The lowest BCUT2D eigenvalue weighted by Crippen LogP contribution is -2.40. The Bertz CT molecular complexity index is 1250. The van der Waals surface area contributed by atoms with Crippen LogP contribution in [0.2, 0.25) is 0 Å². The lowest BCUT2D eigenvalue weighted by Gasteiger charge is -2.21. The van der Waals surface area contributed by atoms with Gasteiger partial charge in [0.05, 0.1) is 0 Å². The highest BCUT2D eigenvalue weighted by atomic mass is 32.2. The molecule has 0 saturated heterocycles. The third-order valence-corrected chi connectivity index (χ3v) is 8.81. The van der Waals surface area contributed by atoms with Gasteiger partial charge in [-0.05, 0) is 62.8 Å². The van der Waals surface area contributed by atoms with E-state index in [1.54, 1.807) is 0 Å². The van der Waals surface area contributed by atoms with Crippen molar-refractivity contribution in [3.63, 3.8) is 0 Å². The van der Waals surface area contributed by atoms with Crippen LogP contribution in [0.4, 0.5) is 0 Å². The van der Waals surface area contributed by atoms with Gasteiger partial charge in [0.2, 0.25) is 0 Å². The van der Waals surface area contributed by atoms with Gasteiger partial charge in [-0.3, -0.25) is 0 Å². The predicted molar refractivity (Wildman–Crippen MR) is 143 cm³/mol. The molecule has 0 spiro atoms. The molecule has 2 aromatic heterocycles. The summed E-state index contributed by atoms with van der Waals surface area (Å²) in [6, 6.07) is 8.39. The second-order valence-electron chi connectivity index (χ2n) is 11.6. The van der Waals surface area contributed by atoms with Crippen molar-refractivity contribution >= 4 is 21.4 Å². The van der Waals surface area contributed by atoms with Crippen LogP contribution >= 0.6 is 11.3 Å². The smallest absolute Gasteiger partial charge is 0.251 e. The summed E-state index contributed by atoms with van der Waals surface area (Å²) in [6.45, 7) is 19.2. The second kappa shape index (κ2) is 9.59. The SMILES string of the molecule is Cc1cc(Cn2ccnc2C(C)(C)C)ccc1-c1cc(CC(C)C)sc1S(=O)(=O)NC(C)(C)C. The van der Waals surface area contributed by atoms with Crippen LogP contribution in [-0.2, 0) is 28.4 Å². The summed E-state index contributed by atoms with van der Waals surface area (Å²) in [5.41, 5.74) is 3.40. The van der Waals surface area contributed by atoms with Crippen molar-refractivity contribution in [2.75, 3.05) is 0 Å². The number of thiophene rings is 1. The van der Waals surface area contributed by atoms with E-state index in [1.165, 1.54) is 16.9 Å². The van der Waals surface area contributed by atoms with Crippen molar-refractivity contribution in [1.82, 2.24) is 14.3 Å². The molecule has 0 atom stereocenters. The molecule has 0 fully saturated rings. The molecule has 3 rings (SSSR count). The molecule has 0 radical (unpaired) electrons. The van der Waals surface area contributed by atoms with Gasteiger partial charge in [0.15, 0.2) is 0 Å². The number of hydrogen-bond donors (Lipinski definition) is 1. The number of nitrogens with zero attached hydrogens (tertiary/aromatic N) is 2. The van der Waals surface area contributed by atoms with Crippen LogP contribution in [0.15, 0.2) is 40.9 Å². The van der Waals surface area contributed by atoms with Gasteiger partial charge in [0.25, 0.3) is 10.0 Å². The van der Waals surface area contributed by atoms with Gasteiger partial charge in [-0.15, -0.1) is 11.3 Å². The summed E-state index contributed by atoms with van der Waals surface area (Å²) in [5.74, 6) is 1.50. The zero-order valence-corrected chi connectivity index (χ0v) is 23.6. The normalized spacial score (nSPS) is 13.1. The molecule has 0 aliphatic rings. The number of rotatable bonds is 7. The molecule has 0 aliphatic heterocycles. The molecule has 3 aromatic rings. The molecule has 1 N–H and O–H groups in total. The van der Waals surface area contributed by atoms with Crippen molar-refractivity contribution in [2.24, 2.45) is 5.92 Å². The maximum absolute atomic E-state index is 13.4. The number of sulfonamides is 1. The van der Waals surface area contributed by atoms with E-state index in [1.807, 2.05) is 33.2 Å². The Morgan fingerprint density at radius 3 is 2.29 bits per heavy atom. The molecule has 34 heavy (non-hydrogen) atoms. The van der Waals surface area contributed by atoms with E-state index in [0.29, 0.717) is 10.1 Å². The van der Waals surface area contributed by atoms with Gasteiger partial charge in [0.1, 0.15) is 10.0 Å². The van der Waals surface area contributed by atoms with Gasteiger partial charge in [0, 0.05) is 40.3 Å². The molecular weight excluding hydrogens is 462 g/mol. The summed E-state index contributed by atoms with van der Waals surface area (Å²) in [7, 11) is -3.65. The molecule has 0 unspecified atom stereocenters. The number of aryl methyl sites for hydroxylation is 1. The first-order valence-corrected chi connectivity index (χ1v) is 14.1. The Balaban J connectivity index is 2.03. The first-order valence-electron chi connectivity index (χ1n) is 11.8. The third-order valence-electron chi connectivity index (χ3n) is 5.36. The van der Waals surface area contributed by atoms with Gasteiger partial charge in [-0.25, -0.2) is 18.1 Å². The molecule has 0 amide bonds. The zero-order valence-electron chi connectivity index (χ0n) is 22.0. The van der Waals surface area contributed by atoms with Gasteiger partial charge >= 0.3 is 0 Å². The summed E-state index contributed by atoms with van der Waals surface area (Å²) < 4.78 is 32.1. The Labute approximate surface area is 209 Å². The Hall–Kier alpha value is -1.96. The molecule has 186 valence electrons. The fourth-order valence-electron chi connectivity index (χ4n) is 4.17. The predicted octanol–water partition coefficient (Wildman–Crippen LogP) is 6.54. The summed E-state index contributed by atoms with van der Waals surface area (Å²) >= 11 is 1.39. The molecule has 0 bridgehead atoms. The van der Waals surface area contributed by atoms with Crippen LogP contribution in [-0.4, -0.2) is 23.5 Å². The molecule has 7 heteroatoms. The number of aromatic nitrogens is 2. The fraction of sp³-hybridized carbons (Fsp3) is 0.519. The van der Waals surface area contributed by atoms with E-state index in [0.717, 1.165) is 40.4 Å². The maximum atomic E-state index is 13.4. The zero-order chi connectivity index (χ0) is 25.5. The second-order valence-corrected chi connectivity index (χ2v) is 14.7.